The molecule has 2 aromatic rings. The Balaban J connectivity index is 1.70. The summed E-state index contributed by atoms with van der Waals surface area (Å²) in [6.45, 7) is 0. The van der Waals surface area contributed by atoms with Crippen LogP contribution in [0.2, 0.25) is 0 Å². The number of ether oxygens (including phenoxy) is 1. The van der Waals surface area contributed by atoms with Gasteiger partial charge in [-0.3, -0.25) is 14.4 Å². The molecule has 1 aliphatic carbocycles. The van der Waals surface area contributed by atoms with E-state index >= 15 is 0 Å². The Labute approximate surface area is 154 Å². The van der Waals surface area contributed by atoms with Crippen molar-refractivity contribution in [3.63, 3.8) is 0 Å². The minimum Gasteiger partial charge on any atom is -0.496 e. The van der Waals surface area contributed by atoms with Gasteiger partial charge in [-0.15, -0.1) is 11.3 Å². The van der Waals surface area contributed by atoms with Gasteiger partial charge in [-0.1, -0.05) is 12.1 Å². The molecule has 0 atom stereocenters. The number of carbonyl (C=O) groups excluding carboxylic acids is 3. The van der Waals surface area contributed by atoms with E-state index in [4.69, 9.17) is 4.74 Å². The largest absolute Gasteiger partial charge is 0.496 e. The number of nitriles is 1. The molecule has 7 heteroatoms. The Hall–Kier alpha value is -2.98. The number of amides is 1. The number of methoxy groups -OCH3 is 1. The van der Waals surface area contributed by atoms with Gasteiger partial charge in [-0.25, -0.2) is 0 Å². The first kappa shape index (κ1) is 17.8. The number of nitrogens with one attached hydrogen (secondary N) is 1. The Morgan fingerprint density at radius 2 is 2.04 bits per heavy atom. The quantitative estimate of drug-likeness (QED) is 0.480. The number of carbonyl (C=O) groups is 3. The first-order valence-corrected chi connectivity index (χ1v) is 8.91. The van der Waals surface area contributed by atoms with E-state index in [0.717, 1.165) is 29.7 Å². The summed E-state index contributed by atoms with van der Waals surface area (Å²) in [7, 11) is 1.43. The second kappa shape index (κ2) is 7.50. The molecule has 1 aromatic heterocycles. The number of rotatable bonds is 6. The van der Waals surface area contributed by atoms with E-state index in [0.29, 0.717) is 16.3 Å². The summed E-state index contributed by atoms with van der Waals surface area (Å²) in [6.07, 6.45) is 2.13. The molecule has 1 amide bonds. The van der Waals surface area contributed by atoms with Crippen LogP contribution in [0.5, 0.6) is 5.75 Å². The highest BCUT2D eigenvalue weighted by molar-refractivity contribution is 7.16. The summed E-state index contributed by atoms with van der Waals surface area (Å²) in [5, 5.41) is 12.2. The van der Waals surface area contributed by atoms with Crippen molar-refractivity contribution in [3.8, 4) is 11.8 Å². The third kappa shape index (κ3) is 3.37. The number of aryl methyl sites for hydroxylation is 1. The second-order valence-corrected chi connectivity index (χ2v) is 6.96. The minimum absolute atomic E-state index is 0.254. The fraction of sp³-hybridized carbons (Fsp3) is 0.263. The molecular weight excluding hydrogens is 352 g/mol. The summed E-state index contributed by atoms with van der Waals surface area (Å²) in [5.74, 6) is -1.87. The predicted molar refractivity (Wildman–Crippen MR) is 96.6 cm³/mol. The van der Waals surface area contributed by atoms with Crippen LogP contribution in [-0.4, -0.2) is 24.6 Å². The van der Waals surface area contributed by atoms with Crippen molar-refractivity contribution in [1.29, 1.82) is 5.26 Å². The lowest BCUT2D eigenvalue weighted by Gasteiger charge is -2.07. The molecule has 0 spiro atoms. The third-order valence-corrected chi connectivity index (χ3v) is 5.45. The average Bonchev–Trinajstić information content (AvgIpc) is 3.21. The highest BCUT2D eigenvalue weighted by atomic mass is 32.1. The summed E-state index contributed by atoms with van der Waals surface area (Å²) in [4.78, 5) is 37.7. The van der Waals surface area contributed by atoms with Crippen LogP contribution in [-0.2, 0) is 22.4 Å². The molecule has 0 saturated carbocycles. The second-order valence-electron chi connectivity index (χ2n) is 5.85. The molecular formula is C19H16N2O4S. The van der Waals surface area contributed by atoms with Gasteiger partial charge in [0.2, 0.25) is 5.78 Å². The molecule has 26 heavy (non-hydrogen) atoms. The summed E-state index contributed by atoms with van der Waals surface area (Å²) in [6, 6.07) is 8.63. The molecule has 0 aliphatic heterocycles. The van der Waals surface area contributed by atoms with Crippen molar-refractivity contribution in [3.05, 3.63) is 45.8 Å². The predicted octanol–water partition coefficient (Wildman–Crippen LogP) is 2.90. The fourth-order valence-electron chi connectivity index (χ4n) is 2.98. The van der Waals surface area contributed by atoms with Crippen LogP contribution in [0.4, 0.5) is 5.00 Å². The van der Waals surface area contributed by atoms with Crippen molar-refractivity contribution >= 4 is 33.8 Å². The molecule has 0 unspecified atom stereocenters. The van der Waals surface area contributed by atoms with Crippen LogP contribution in [0.1, 0.15) is 39.2 Å². The van der Waals surface area contributed by atoms with Gasteiger partial charge in [0.1, 0.15) is 16.8 Å². The molecule has 3 rings (SSSR count). The summed E-state index contributed by atoms with van der Waals surface area (Å²) >= 11 is 1.33. The standard InChI is InChI=1S/C19H16N2O4S/c1-25-16-7-3-2-5-12(16)14(22)9-15(23)18(24)21-19-13(10-20)11-6-4-8-17(11)26-19/h2-3,5,7H,4,6,8-9H2,1H3,(H,21,24). The summed E-state index contributed by atoms with van der Waals surface area (Å²) < 4.78 is 5.10. The fourth-order valence-corrected chi connectivity index (χ4v) is 4.21. The molecule has 0 saturated heterocycles. The van der Waals surface area contributed by atoms with Crippen LogP contribution >= 0.6 is 11.3 Å². The van der Waals surface area contributed by atoms with E-state index < -0.39 is 23.9 Å². The lowest BCUT2D eigenvalue weighted by molar-refractivity contribution is -0.134. The van der Waals surface area contributed by atoms with Crippen LogP contribution < -0.4 is 10.1 Å². The molecule has 6 nitrogen and oxygen atoms in total. The van der Waals surface area contributed by atoms with Gasteiger partial charge >= 0.3 is 0 Å². The van der Waals surface area contributed by atoms with Crippen LogP contribution in [0.25, 0.3) is 0 Å². The van der Waals surface area contributed by atoms with Crippen molar-refractivity contribution in [1.82, 2.24) is 0 Å². The Kier molecular flexibility index (Phi) is 5.14. The third-order valence-electron chi connectivity index (χ3n) is 4.24. The topological polar surface area (TPSA) is 96.3 Å². The van der Waals surface area contributed by atoms with Gasteiger partial charge < -0.3 is 10.1 Å². The number of anilines is 1. The molecule has 1 heterocycles. The SMILES string of the molecule is COc1ccccc1C(=O)CC(=O)C(=O)Nc1sc2c(c1C#N)CCC2. The van der Waals surface area contributed by atoms with Crippen molar-refractivity contribution in [2.45, 2.75) is 25.7 Å². The Morgan fingerprint density at radius 1 is 1.27 bits per heavy atom. The van der Waals surface area contributed by atoms with Gasteiger partial charge in [0.25, 0.3) is 5.91 Å². The first-order valence-electron chi connectivity index (χ1n) is 8.10. The Bertz CT molecular complexity index is 940. The number of Topliss-reactive ketones (excluding diaryl/α,β-unsaturated/α-hetero) is 2. The van der Waals surface area contributed by atoms with E-state index in [1.54, 1.807) is 24.3 Å². The summed E-state index contributed by atoms with van der Waals surface area (Å²) in [5.41, 5.74) is 1.65. The monoisotopic (exact) mass is 368 g/mol. The van der Waals surface area contributed by atoms with Crippen LogP contribution in [0.3, 0.4) is 0 Å². The van der Waals surface area contributed by atoms with Gasteiger partial charge in [0.15, 0.2) is 5.78 Å². The molecule has 0 bridgehead atoms. The number of fused-ring (bicyclic) bond motifs is 1. The van der Waals surface area contributed by atoms with E-state index in [-0.39, 0.29) is 5.56 Å². The lowest BCUT2D eigenvalue weighted by Crippen LogP contribution is -2.25. The minimum atomic E-state index is -0.885. The molecule has 1 aliphatic rings. The number of hydrogen-bond acceptors (Lipinski definition) is 6. The molecule has 0 fully saturated rings. The molecule has 0 radical (unpaired) electrons. The van der Waals surface area contributed by atoms with E-state index in [9.17, 15) is 19.6 Å². The number of hydrogen-bond donors (Lipinski definition) is 1. The zero-order chi connectivity index (χ0) is 18.7. The van der Waals surface area contributed by atoms with E-state index in [1.807, 2.05) is 0 Å². The number of benzene rings is 1. The van der Waals surface area contributed by atoms with Crippen molar-refractivity contribution in [2.24, 2.45) is 0 Å². The number of para-hydroxylation sites is 1. The first-order chi connectivity index (χ1) is 12.5. The van der Waals surface area contributed by atoms with Crippen molar-refractivity contribution < 1.29 is 19.1 Å². The van der Waals surface area contributed by atoms with E-state index in [1.165, 1.54) is 18.4 Å². The smallest absolute Gasteiger partial charge is 0.292 e. The van der Waals surface area contributed by atoms with Crippen LogP contribution in [0, 0.1) is 11.3 Å². The highest BCUT2D eigenvalue weighted by Crippen LogP contribution is 2.38. The van der Waals surface area contributed by atoms with Gasteiger partial charge in [-0.2, -0.15) is 5.26 Å². The lowest BCUT2D eigenvalue weighted by atomic mass is 10.0. The molecule has 1 N–H and O–H groups in total. The number of nitrogens with zero attached hydrogens (tertiary/aromatic N) is 1. The zero-order valence-electron chi connectivity index (χ0n) is 14.1. The van der Waals surface area contributed by atoms with E-state index in [2.05, 4.69) is 11.4 Å². The normalized spacial score (nSPS) is 12.2. The maximum absolute atomic E-state index is 12.3. The maximum Gasteiger partial charge on any atom is 0.292 e. The number of thiophene rings is 1. The molecule has 132 valence electrons. The average molecular weight is 368 g/mol. The molecule has 1 aromatic carbocycles. The Morgan fingerprint density at radius 3 is 2.77 bits per heavy atom. The zero-order valence-corrected chi connectivity index (χ0v) is 14.9. The van der Waals surface area contributed by atoms with Gasteiger partial charge in [0, 0.05) is 4.88 Å². The van der Waals surface area contributed by atoms with Gasteiger partial charge in [0.05, 0.1) is 24.7 Å². The maximum atomic E-state index is 12.3. The van der Waals surface area contributed by atoms with Crippen LogP contribution in [0.15, 0.2) is 24.3 Å². The van der Waals surface area contributed by atoms with Crippen molar-refractivity contribution in [2.75, 3.05) is 12.4 Å². The number of ketones is 2. The van der Waals surface area contributed by atoms with Gasteiger partial charge in [-0.05, 0) is 37.0 Å². The highest BCUT2D eigenvalue weighted by Gasteiger charge is 2.26.